The van der Waals surface area contributed by atoms with Crippen LogP contribution < -0.4 is 0 Å². The number of benzene rings is 1. The first kappa shape index (κ1) is 17.6. The molecule has 0 spiro atoms. The number of rotatable bonds is 5. The third-order valence-corrected chi connectivity index (χ3v) is 4.84. The summed E-state index contributed by atoms with van der Waals surface area (Å²) >= 11 is 0. The molecule has 4 nitrogen and oxygen atoms in total. The molecule has 1 atom stereocenters. The highest BCUT2D eigenvalue weighted by molar-refractivity contribution is 5.77. The molecule has 132 valence electrons. The molecule has 3 rings (SSSR count). The topological polar surface area (TPSA) is 36.4 Å². The predicted molar refractivity (Wildman–Crippen MR) is 101 cm³/mol. The van der Waals surface area contributed by atoms with Crippen molar-refractivity contribution >= 4 is 5.91 Å². The van der Waals surface area contributed by atoms with Crippen LogP contribution in [0.3, 0.4) is 0 Å². The van der Waals surface area contributed by atoms with Crippen molar-refractivity contribution in [3.63, 3.8) is 0 Å². The van der Waals surface area contributed by atoms with Gasteiger partial charge in [0, 0.05) is 44.4 Å². The molecule has 1 aromatic heterocycles. The Morgan fingerprint density at radius 3 is 2.72 bits per heavy atom. The van der Waals surface area contributed by atoms with Crippen molar-refractivity contribution in [2.75, 3.05) is 33.7 Å². The van der Waals surface area contributed by atoms with Gasteiger partial charge in [0.1, 0.15) is 0 Å². The largest absolute Gasteiger partial charge is 0.348 e. The SMILES string of the molecule is CN(C)C(=O)CN1CCC[C@H](c2cccc(Cc3ccccc3)n2)C1. The summed E-state index contributed by atoms with van der Waals surface area (Å²) < 4.78 is 0. The zero-order chi connectivity index (χ0) is 17.6. The third-order valence-electron chi connectivity index (χ3n) is 4.84. The molecule has 1 aromatic carbocycles. The second kappa shape index (κ2) is 8.26. The van der Waals surface area contributed by atoms with Crippen LogP contribution in [0.5, 0.6) is 0 Å². The van der Waals surface area contributed by atoms with E-state index >= 15 is 0 Å². The number of hydrogen-bond donors (Lipinski definition) is 0. The van der Waals surface area contributed by atoms with E-state index in [2.05, 4.69) is 47.4 Å². The Bertz CT molecular complexity index is 699. The van der Waals surface area contributed by atoms with Crippen LogP contribution in [0, 0.1) is 0 Å². The molecule has 1 fully saturated rings. The summed E-state index contributed by atoms with van der Waals surface area (Å²) in [7, 11) is 3.64. The quantitative estimate of drug-likeness (QED) is 0.842. The number of pyridine rings is 1. The van der Waals surface area contributed by atoms with Crippen molar-refractivity contribution in [3.8, 4) is 0 Å². The number of likely N-dealkylation sites (tertiary alicyclic amines) is 1. The number of nitrogens with zero attached hydrogens (tertiary/aromatic N) is 3. The lowest BCUT2D eigenvalue weighted by molar-refractivity contribution is -0.130. The monoisotopic (exact) mass is 337 g/mol. The summed E-state index contributed by atoms with van der Waals surface area (Å²) in [5.74, 6) is 0.589. The number of carbonyl (C=O) groups is 1. The van der Waals surface area contributed by atoms with Gasteiger partial charge in [-0.2, -0.15) is 0 Å². The molecule has 0 unspecified atom stereocenters. The Balaban J connectivity index is 1.67. The minimum absolute atomic E-state index is 0.173. The molecule has 1 saturated heterocycles. The summed E-state index contributed by atoms with van der Waals surface area (Å²) in [5.41, 5.74) is 3.56. The maximum atomic E-state index is 12.0. The van der Waals surface area contributed by atoms with Crippen LogP contribution >= 0.6 is 0 Å². The maximum Gasteiger partial charge on any atom is 0.236 e. The highest BCUT2D eigenvalue weighted by atomic mass is 16.2. The summed E-state index contributed by atoms with van der Waals surface area (Å²) in [6.45, 7) is 2.42. The van der Waals surface area contributed by atoms with Crippen molar-refractivity contribution in [3.05, 3.63) is 65.5 Å². The fourth-order valence-electron chi connectivity index (χ4n) is 3.40. The number of hydrogen-bond acceptors (Lipinski definition) is 3. The Labute approximate surface area is 150 Å². The van der Waals surface area contributed by atoms with Gasteiger partial charge in [0.25, 0.3) is 0 Å². The molecule has 1 amide bonds. The zero-order valence-electron chi connectivity index (χ0n) is 15.2. The molecular weight excluding hydrogens is 310 g/mol. The van der Waals surface area contributed by atoms with E-state index in [1.165, 1.54) is 5.56 Å². The molecule has 2 heterocycles. The van der Waals surface area contributed by atoms with Crippen LogP contribution in [0.1, 0.15) is 35.7 Å². The normalized spacial score (nSPS) is 18.1. The van der Waals surface area contributed by atoms with Crippen molar-refractivity contribution in [1.29, 1.82) is 0 Å². The Morgan fingerprint density at radius 2 is 1.96 bits per heavy atom. The van der Waals surface area contributed by atoms with Gasteiger partial charge in [-0.15, -0.1) is 0 Å². The van der Waals surface area contributed by atoms with Gasteiger partial charge in [-0.1, -0.05) is 36.4 Å². The minimum atomic E-state index is 0.173. The third kappa shape index (κ3) is 4.89. The lowest BCUT2D eigenvalue weighted by Crippen LogP contribution is -2.41. The van der Waals surface area contributed by atoms with Crippen molar-refractivity contribution in [2.24, 2.45) is 0 Å². The summed E-state index contributed by atoms with van der Waals surface area (Å²) in [6, 6.07) is 16.8. The van der Waals surface area contributed by atoms with E-state index < -0.39 is 0 Å². The molecule has 0 saturated carbocycles. The fourth-order valence-corrected chi connectivity index (χ4v) is 3.40. The van der Waals surface area contributed by atoms with Crippen molar-refractivity contribution in [1.82, 2.24) is 14.8 Å². The van der Waals surface area contributed by atoms with Gasteiger partial charge < -0.3 is 4.90 Å². The van der Waals surface area contributed by atoms with Crippen LogP contribution in [0.4, 0.5) is 0 Å². The maximum absolute atomic E-state index is 12.0. The molecular formula is C21H27N3O. The summed E-state index contributed by atoms with van der Waals surface area (Å²) in [5, 5.41) is 0. The van der Waals surface area contributed by atoms with Gasteiger partial charge in [-0.3, -0.25) is 14.7 Å². The molecule has 0 aliphatic carbocycles. The van der Waals surface area contributed by atoms with Gasteiger partial charge in [0.05, 0.1) is 6.54 Å². The molecule has 0 radical (unpaired) electrons. The van der Waals surface area contributed by atoms with Crippen molar-refractivity contribution in [2.45, 2.75) is 25.2 Å². The number of piperidine rings is 1. The van der Waals surface area contributed by atoms with Gasteiger partial charge in [-0.25, -0.2) is 0 Å². The Kier molecular flexibility index (Phi) is 5.82. The van der Waals surface area contributed by atoms with E-state index in [-0.39, 0.29) is 5.91 Å². The van der Waals surface area contributed by atoms with E-state index in [1.54, 1.807) is 4.90 Å². The molecule has 2 aromatic rings. The second-order valence-electron chi connectivity index (χ2n) is 7.08. The van der Waals surface area contributed by atoms with E-state index in [9.17, 15) is 4.79 Å². The van der Waals surface area contributed by atoms with Crippen LogP contribution in [0.25, 0.3) is 0 Å². The van der Waals surface area contributed by atoms with Gasteiger partial charge in [-0.05, 0) is 37.1 Å². The van der Waals surface area contributed by atoms with E-state index in [4.69, 9.17) is 4.98 Å². The molecule has 1 aliphatic rings. The van der Waals surface area contributed by atoms with Crippen molar-refractivity contribution < 1.29 is 4.79 Å². The smallest absolute Gasteiger partial charge is 0.236 e. The highest BCUT2D eigenvalue weighted by Crippen LogP contribution is 2.26. The molecule has 25 heavy (non-hydrogen) atoms. The zero-order valence-corrected chi connectivity index (χ0v) is 15.2. The predicted octanol–water partition coefficient (Wildman–Crippen LogP) is 2.94. The number of carbonyl (C=O) groups excluding carboxylic acids is 1. The van der Waals surface area contributed by atoms with Gasteiger partial charge >= 0.3 is 0 Å². The lowest BCUT2D eigenvalue weighted by Gasteiger charge is -2.32. The molecule has 0 N–H and O–H groups in total. The highest BCUT2D eigenvalue weighted by Gasteiger charge is 2.24. The Hall–Kier alpha value is -2.20. The van der Waals surface area contributed by atoms with Crippen LogP contribution in [0.2, 0.25) is 0 Å². The van der Waals surface area contributed by atoms with Crippen LogP contribution in [-0.4, -0.2) is 54.4 Å². The molecule has 4 heteroatoms. The Morgan fingerprint density at radius 1 is 1.16 bits per heavy atom. The first-order chi connectivity index (χ1) is 12.1. The standard InChI is InChI=1S/C21H27N3O/c1-23(2)21(25)16-24-13-7-10-18(15-24)20-12-6-11-19(22-20)14-17-8-4-3-5-9-17/h3-6,8-9,11-12,18H,7,10,13-16H2,1-2H3/t18-/m0/s1. The lowest BCUT2D eigenvalue weighted by atomic mass is 9.94. The average molecular weight is 337 g/mol. The fraction of sp³-hybridized carbons (Fsp3) is 0.429. The van der Waals surface area contributed by atoms with E-state index in [0.29, 0.717) is 12.5 Å². The van der Waals surface area contributed by atoms with E-state index in [1.807, 2.05) is 20.2 Å². The van der Waals surface area contributed by atoms with Gasteiger partial charge in [0.2, 0.25) is 5.91 Å². The molecule has 1 aliphatic heterocycles. The average Bonchev–Trinajstić information content (AvgIpc) is 2.63. The first-order valence-electron chi connectivity index (χ1n) is 9.04. The van der Waals surface area contributed by atoms with Crippen LogP contribution in [-0.2, 0) is 11.2 Å². The minimum Gasteiger partial charge on any atom is -0.348 e. The number of aromatic nitrogens is 1. The second-order valence-corrected chi connectivity index (χ2v) is 7.08. The van der Waals surface area contributed by atoms with Gasteiger partial charge in [0.15, 0.2) is 0 Å². The first-order valence-corrected chi connectivity index (χ1v) is 9.04. The summed E-state index contributed by atoms with van der Waals surface area (Å²) in [4.78, 5) is 20.8. The number of amides is 1. The van der Waals surface area contributed by atoms with Crippen LogP contribution in [0.15, 0.2) is 48.5 Å². The number of likely N-dealkylation sites (N-methyl/N-ethyl adjacent to an activating group) is 1. The van der Waals surface area contributed by atoms with E-state index in [0.717, 1.165) is 43.7 Å². The molecule has 0 bridgehead atoms. The summed E-state index contributed by atoms with van der Waals surface area (Å²) in [6.07, 6.45) is 3.13.